The molecule has 0 saturated heterocycles. The van der Waals surface area contributed by atoms with E-state index < -0.39 is 0 Å². The zero-order valence-electron chi connectivity index (χ0n) is 26.2. The number of hydrogen-bond acceptors (Lipinski definition) is 0. The van der Waals surface area contributed by atoms with Crippen molar-refractivity contribution in [2.75, 3.05) is 0 Å². The van der Waals surface area contributed by atoms with E-state index in [2.05, 4.69) is 164 Å². The molecule has 10 rings (SSSR count). The molecule has 0 spiro atoms. The van der Waals surface area contributed by atoms with Crippen LogP contribution in [0.3, 0.4) is 0 Å². The zero-order chi connectivity index (χ0) is 31.2. The number of hydrogen-bond donors (Lipinski definition) is 0. The maximum absolute atomic E-state index is 4.39. The van der Waals surface area contributed by atoms with Crippen molar-refractivity contribution in [2.45, 2.75) is 6.42 Å². The summed E-state index contributed by atoms with van der Waals surface area (Å²) in [6.07, 6.45) is 5.36. The maximum Gasteiger partial charge on any atom is 0.0494 e. The fourth-order valence-electron chi connectivity index (χ4n) is 8.21. The van der Waals surface area contributed by atoms with Gasteiger partial charge in [0.1, 0.15) is 0 Å². The summed E-state index contributed by atoms with van der Waals surface area (Å²) in [5.74, 6) is 0. The number of nitrogens with zero attached hydrogens (tertiary/aromatic N) is 1. The molecule has 0 radical (unpaired) electrons. The van der Waals surface area contributed by atoms with E-state index in [0.29, 0.717) is 0 Å². The third-order valence-electron chi connectivity index (χ3n) is 10.5. The first-order valence-corrected chi connectivity index (χ1v) is 16.4. The van der Waals surface area contributed by atoms with Gasteiger partial charge in [-0.2, -0.15) is 0 Å². The van der Waals surface area contributed by atoms with Crippen LogP contribution in [0.25, 0.3) is 99.9 Å². The van der Waals surface area contributed by atoms with Crippen LogP contribution < -0.4 is 0 Å². The average Bonchev–Trinajstić information content (AvgIpc) is 3.61. The first-order valence-electron chi connectivity index (χ1n) is 16.4. The van der Waals surface area contributed by atoms with Crippen LogP contribution in [-0.4, -0.2) is 4.57 Å². The Hall–Kier alpha value is -5.92. The minimum Gasteiger partial charge on any atom is -0.344 e. The summed E-state index contributed by atoms with van der Waals surface area (Å²) in [6, 6.07) is 49.6. The van der Waals surface area contributed by atoms with Gasteiger partial charge in [0.2, 0.25) is 0 Å². The van der Waals surface area contributed by atoms with Crippen LogP contribution in [0.15, 0.2) is 146 Å². The van der Waals surface area contributed by atoms with Crippen LogP contribution in [0.2, 0.25) is 0 Å². The van der Waals surface area contributed by atoms with Crippen LogP contribution in [0.5, 0.6) is 0 Å². The number of allylic oxidation sites excluding steroid dienone is 2. The van der Waals surface area contributed by atoms with Gasteiger partial charge >= 0.3 is 0 Å². The van der Waals surface area contributed by atoms with Crippen molar-refractivity contribution in [2.24, 2.45) is 7.05 Å². The normalized spacial score (nSPS) is 13.8. The minimum atomic E-state index is 0.839. The van der Waals surface area contributed by atoms with Crippen molar-refractivity contribution in [1.29, 1.82) is 0 Å². The molecule has 1 heterocycles. The van der Waals surface area contributed by atoms with E-state index in [9.17, 15) is 0 Å². The summed E-state index contributed by atoms with van der Waals surface area (Å²) in [5, 5.41) is 5.25. The summed E-state index contributed by atoms with van der Waals surface area (Å²) >= 11 is 0. The largest absolute Gasteiger partial charge is 0.344 e. The maximum atomic E-state index is 4.39. The Kier molecular flexibility index (Phi) is 5.48. The van der Waals surface area contributed by atoms with E-state index in [-0.39, 0.29) is 0 Å². The molecule has 0 aliphatic heterocycles. The number of fused-ring (bicyclic) bond motifs is 10. The Morgan fingerprint density at radius 1 is 0.468 bits per heavy atom. The van der Waals surface area contributed by atoms with Crippen molar-refractivity contribution in [3.05, 3.63) is 157 Å². The smallest absolute Gasteiger partial charge is 0.0494 e. The molecule has 2 bridgehead atoms. The molecule has 47 heavy (non-hydrogen) atoms. The van der Waals surface area contributed by atoms with E-state index in [0.717, 1.165) is 12.0 Å². The van der Waals surface area contributed by atoms with Crippen LogP contribution in [0.4, 0.5) is 0 Å². The van der Waals surface area contributed by atoms with Crippen molar-refractivity contribution >= 4 is 44.2 Å². The molecular formula is C46H31N. The molecule has 0 saturated carbocycles. The third kappa shape index (κ3) is 3.78. The van der Waals surface area contributed by atoms with Gasteiger partial charge in [-0.15, -0.1) is 0 Å². The monoisotopic (exact) mass is 597 g/mol. The number of rotatable bonds is 2. The van der Waals surface area contributed by atoms with Crippen LogP contribution in [0, 0.1) is 0 Å². The number of aryl methyl sites for hydroxylation is 1. The Labute approximate surface area is 274 Å². The summed E-state index contributed by atoms with van der Waals surface area (Å²) in [7, 11) is 2.21. The summed E-state index contributed by atoms with van der Waals surface area (Å²) in [4.78, 5) is 0. The van der Waals surface area contributed by atoms with Gasteiger partial charge in [0.15, 0.2) is 0 Å². The highest BCUT2D eigenvalue weighted by Crippen LogP contribution is 2.49. The summed E-state index contributed by atoms with van der Waals surface area (Å²) in [6.45, 7) is 4.39. The molecule has 1 aromatic heterocycles. The molecule has 1 nitrogen and oxygen atoms in total. The Morgan fingerprint density at radius 3 is 1.77 bits per heavy atom. The molecular weight excluding hydrogens is 567 g/mol. The predicted molar refractivity (Wildman–Crippen MR) is 201 cm³/mol. The lowest BCUT2D eigenvalue weighted by atomic mass is 9.91. The van der Waals surface area contributed by atoms with Gasteiger partial charge in [-0.3, -0.25) is 0 Å². The molecule has 0 amide bonds. The second kappa shape index (κ2) is 9.79. The fraction of sp³-hybridized carbons (Fsp3) is 0.0435. The van der Waals surface area contributed by atoms with Crippen LogP contribution in [-0.2, 0) is 7.05 Å². The van der Waals surface area contributed by atoms with Gasteiger partial charge in [0.25, 0.3) is 0 Å². The van der Waals surface area contributed by atoms with Crippen LogP contribution >= 0.6 is 0 Å². The Balaban J connectivity index is 1.10. The minimum absolute atomic E-state index is 0.839. The summed E-state index contributed by atoms with van der Waals surface area (Å²) < 4.78 is 2.37. The molecule has 0 atom stereocenters. The van der Waals surface area contributed by atoms with E-state index in [1.165, 1.54) is 99.3 Å². The average molecular weight is 598 g/mol. The Bertz CT molecular complexity index is 2650. The molecule has 0 fully saturated rings. The zero-order valence-corrected chi connectivity index (χ0v) is 26.2. The van der Waals surface area contributed by atoms with Crippen LogP contribution in [0.1, 0.15) is 17.5 Å². The molecule has 2 aliphatic carbocycles. The van der Waals surface area contributed by atoms with E-state index in [1.807, 2.05) is 0 Å². The SMILES string of the molecule is C=C1C/C=C\c2cc(ccc2-c2ccc3c4ccc(-c5ccc6c7c(cccc57)-c5ccccc5-6)cc4n(C)c3c2)-c2ccccc21. The fourth-order valence-corrected chi connectivity index (χ4v) is 8.21. The van der Waals surface area contributed by atoms with E-state index >= 15 is 0 Å². The molecule has 220 valence electrons. The first kappa shape index (κ1) is 26.3. The lowest BCUT2D eigenvalue weighted by Gasteiger charge is -2.13. The number of benzene rings is 7. The quantitative estimate of drug-likeness (QED) is 0.187. The van der Waals surface area contributed by atoms with Gasteiger partial charge < -0.3 is 4.57 Å². The second-order valence-electron chi connectivity index (χ2n) is 13.0. The van der Waals surface area contributed by atoms with Crippen molar-refractivity contribution in [3.8, 4) is 55.6 Å². The first-order chi connectivity index (χ1) is 23.1. The van der Waals surface area contributed by atoms with Crippen molar-refractivity contribution in [1.82, 2.24) is 4.57 Å². The molecule has 1 heteroatoms. The van der Waals surface area contributed by atoms with E-state index in [4.69, 9.17) is 0 Å². The van der Waals surface area contributed by atoms with Gasteiger partial charge in [-0.05, 0) is 108 Å². The lowest BCUT2D eigenvalue weighted by molar-refractivity contribution is 1.01. The molecule has 2 aliphatic rings. The predicted octanol–water partition coefficient (Wildman–Crippen LogP) is 12.6. The molecule has 0 unspecified atom stereocenters. The second-order valence-corrected chi connectivity index (χ2v) is 13.0. The Morgan fingerprint density at radius 2 is 1.02 bits per heavy atom. The third-order valence-corrected chi connectivity index (χ3v) is 10.5. The molecule has 8 aromatic rings. The molecule has 0 N–H and O–H groups in total. The molecule has 7 aromatic carbocycles. The topological polar surface area (TPSA) is 4.93 Å². The highest BCUT2D eigenvalue weighted by molar-refractivity contribution is 6.19. The van der Waals surface area contributed by atoms with Gasteiger partial charge in [-0.1, -0.05) is 134 Å². The van der Waals surface area contributed by atoms with Gasteiger partial charge in [-0.25, -0.2) is 0 Å². The highest BCUT2D eigenvalue weighted by Gasteiger charge is 2.22. The summed E-state index contributed by atoms with van der Waals surface area (Å²) in [5.41, 5.74) is 19.0. The lowest BCUT2D eigenvalue weighted by Crippen LogP contribution is -1.90. The highest BCUT2D eigenvalue weighted by atomic mass is 14.9. The standard InChI is InChI=1S/C46H31N/c1-28-9-7-10-29-25-30(35-12-4-3-11-33(28)35)17-20-34(29)31-18-21-39-40-22-19-32(27-45(40)47(2)44(39)26-31)36-23-24-43-38-14-6-5-13-37(38)42-16-8-15-41(36)46(42)43/h3-8,10-27H,1,9H2,2H3/b10-7-. The van der Waals surface area contributed by atoms with E-state index in [1.54, 1.807) is 0 Å². The van der Waals surface area contributed by atoms with Crippen molar-refractivity contribution in [3.63, 3.8) is 0 Å². The van der Waals surface area contributed by atoms with Gasteiger partial charge in [0.05, 0.1) is 0 Å². The van der Waals surface area contributed by atoms with Gasteiger partial charge in [0, 0.05) is 28.9 Å². The number of aromatic nitrogens is 1. The van der Waals surface area contributed by atoms with Crippen molar-refractivity contribution < 1.29 is 0 Å².